The molecule has 8 nitrogen and oxygen atoms in total. The van der Waals surface area contributed by atoms with Crippen LogP contribution in [0.5, 0.6) is 0 Å². The van der Waals surface area contributed by atoms with Crippen LogP contribution < -0.4 is 5.73 Å². The zero-order chi connectivity index (χ0) is 16.8. The topological polar surface area (TPSA) is 114 Å². The third kappa shape index (κ3) is 2.23. The molecule has 4 aromatic heterocycles. The number of fused-ring (bicyclic) bond motifs is 3. The predicted molar refractivity (Wildman–Crippen MR) is 94.7 cm³/mol. The van der Waals surface area contributed by atoms with Gasteiger partial charge in [0.15, 0.2) is 0 Å². The van der Waals surface area contributed by atoms with E-state index in [0.29, 0.717) is 12.4 Å². The van der Waals surface area contributed by atoms with E-state index in [4.69, 9.17) is 5.73 Å². The van der Waals surface area contributed by atoms with Gasteiger partial charge in [-0.15, -0.1) is 0 Å². The molecule has 0 saturated carbocycles. The molecule has 0 fully saturated rings. The first-order valence-electron chi connectivity index (χ1n) is 7.83. The molecule has 1 aromatic carbocycles. The number of pyridine rings is 1. The summed E-state index contributed by atoms with van der Waals surface area (Å²) in [6, 6.07) is 9.85. The number of benzene rings is 1. The van der Waals surface area contributed by atoms with E-state index in [1.165, 1.54) is 0 Å². The number of hydrogen-bond donors (Lipinski definition) is 3. The lowest BCUT2D eigenvalue weighted by molar-refractivity contribution is 0.679. The Bertz CT molecular complexity index is 1170. The molecular weight excluding hydrogens is 316 g/mol. The smallest absolute Gasteiger partial charge is 0.135 e. The van der Waals surface area contributed by atoms with Gasteiger partial charge in [0.25, 0.3) is 0 Å². The molecule has 0 amide bonds. The largest absolute Gasteiger partial charge is 0.383 e. The summed E-state index contributed by atoms with van der Waals surface area (Å²) in [5, 5.41) is 20.5. The molecule has 0 atom stereocenters. The average molecular weight is 330 g/mol. The molecule has 122 valence electrons. The highest BCUT2D eigenvalue weighted by Gasteiger charge is 2.12. The van der Waals surface area contributed by atoms with Gasteiger partial charge in [0.1, 0.15) is 11.3 Å². The average Bonchev–Trinajstić information content (AvgIpc) is 3.36. The van der Waals surface area contributed by atoms with Crippen LogP contribution in [0.3, 0.4) is 0 Å². The van der Waals surface area contributed by atoms with Gasteiger partial charge < -0.3 is 5.73 Å². The number of aromatic amines is 2. The highest BCUT2D eigenvalue weighted by atomic mass is 15.3. The Morgan fingerprint density at radius 2 is 1.88 bits per heavy atom. The van der Waals surface area contributed by atoms with E-state index in [9.17, 15) is 0 Å². The van der Waals surface area contributed by atoms with Crippen LogP contribution in [-0.2, 0) is 6.54 Å². The Morgan fingerprint density at radius 1 is 1.00 bits per heavy atom. The van der Waals surface area contributed by atoms with Crippen molar-refractivity contribution < 1.29 is 0 Å². The second-order valence-electron chi connectivity index (χ2n) is 5.84. The Labute approximate surface area is 141 Å². The van der Waals surface area contributed by atoms with E-state index in [2.05, 4.69) is 30.5 Å². The number of anilines is 1. The molecular formula is C17H14N8. The number of nitrogens with one attached hydrogen (secondary N) is 2. The van der Waals surface area contributed by atoms with Crippen molar-refractivity contribution in [2.24, 2.45) is 0 Å². The number of nitrogens with zero attached hydrogens (tertiary/aromatic N) is 5. The lowest BCUT2D eigenvalue weighted by Gasteiger charge is -2.03. The number of hydrogen-bond acceptors (Lipinski definition) is 5. The molecule has 0 bridgehead atoms. The fraction of sp³-hybridized carbons (Fsp3) is 0.0588. The molecule has 0 aliphatic rings. The summed E-state index contributed by atoms with van der Waals surface area (Å²) in [7, 11) is 0. The maximum atomic E-state index is 6.17. The highest BCUT2D eigenvalue weighted by Crippen LogP contribution is 2.29. The van der Waals surface area contributed by atoms with Crippen LogP contribution in [0.1, 0.15) is 5.69 Å². The van der Waals surface area contributed by atoms with E-state index in [0.717, 1.165) is 38.8 Å². The molecule has 5 rings (SSSR count). The van der Waals surface area contributed by atoms with Gasteiger partial charge in [-0.25, -0.2) is 4.98 Å². The first-order chi connectivity index (χ1) is 12.3. The van der Waals surface area contributed by atoms with Crippen molar-refractivity contribution in [3.05, 3.63) is 54.6 Å². The summed E-state index contributed by atoms with van der Waals surface area (Å²) >= 11 is 0. The van der Waals surface area contributed by atoms with Gasteiger partial charge in [0.2, 0.25) is 0 Å². The Balaban J connectivity index is 1.67. The molecule has 0 aliphatic heterocycles. The van der Waals surface area contributed by atoms with Crippen LogP contribution in [-0.4, -0.2) is 35.2 Å². The van der Waals surface area contributed by atoms with E-state index < -0.39 is 0 Å². The van der Waals surface area contributed by atoms with Gasteiger partial charge >= 0.3 is 0 Å². The maximum Gasteiger partial charge on any atom is 0.135 e. The third-order valence-corrected chi connectivity index (χ3v) is 4.21. The summed E-state index contributed by atoms with van der Waals surface area (Å²) in [4.78, 5) is 4.55. The lowest BCUT2D eigenvalue weighted by Crippen LogP contribution is -2.00. The number of nitrogens with two attached hydrogens (primary N) is 1. The van der Waals surface area contributed by atoms with Crippen LogP contribution in [0.2, 0.25) is 0 Å². The molecule has 8 heteroatoms. The number of aromatic nitrogens is 7. The van der Waals surface area contributed by atoms with Gasteiger partial charge in [-0.2, -0.15) is 15.3 Å². The quantitative estimate of drug-likeness (QED) is 0.470. The summed E-state index contributed by atoms with van der Waals surface area (Å²) in [6.45, 7) is 0.574. The summed E-state index contributed by atoms with van der Waals surface area (Å²) in [6.07, 6.45) is 5.50. The standard InChI is InChI=1S/C17H14N8/c18-17-13-9-25(8-11-3-5-19-22-11)24-16(13)12-2-1-10(7-15(12)21-17)14-4-6-20-23-14/h1-7,9H,8H2,(H2,18,21)(H,19,22)(H,20,23). The molecule has 0 unspecified atom stereocenters. The predicted octanol–water partition coefficient (Wildman–Crippen LogP) is 2.33. The highest BCUT2D eigenvalue weighted by molar-refractivity contribution is 6.08. The second kappa shape index (κ2) is 5.17. The summed E-state index contributed by atoms with van der Waals surface area (Å²) < 4.78 is 1.83. The molecule has 0 spiro atoms. The monoisotopic (exact) mass is 330 g/mol. The fourth-order valence-corrected chi connectivity index (χ4v) is 3.03. The van der Waals surface area contributed by atoms with Crippen molar-refractivity contribution in [1.82, 2.24) is 35.2 Å². The number of rotatable bonds is 3. The van der Waals surface area contributed by atoms with Crippen LogP contribution in [0.15, 0.2) is 48.9 Å². The lowest BCUT2D eigenvalue weighted by atomic mass is 10.1. The SMILES string of the molecule is Nc1nc2cc(-c3cc[nH]n3)ccc2c2nn(Cc3cc[nH]n3)cc12. The minimum Gasteiger partial charge on any atom is -0.383 e. The van der Waals surface area contributed by atoms with Crippen LogP contribution in [0.4, 0.5) is 5.82 Å². The van der Waals surface area contributed by atoms with Gasteiger partial charge in [0.05, 0.1) is 28.8 Å². The van der Waals surface area contributed by atoms with Gasteiger partial charge in [0, 0.05) is 29.5 Å². The third-order valence-electron chi connectivity index (χ3n) is 4.21. The van der Waals surface area contributed by atoms with E-state index in [-0.39, 0.29) is 0 Å². The van der Waals surface area contributed by atoms with Crippen molar-refractivity contribution in [2.75, 3.05) is 5.73 Å². The van der Waals surface area contributed by atoms with Crippen LogP contribution >= 0.6 is 0 Å². The number of H-pyrrole nitrogens is 2. The zero-order valence-corrected chi connectivity index (χ0v) is 13.1. The van der Waals surface area contributed by atoms with Crippen LogP contribution in [0.25, 0.3) is 33.1 Å². The van der Waals surface area contributed by atoms with Gasteiger partial charge in [-0.3, -0.25) is 14.9 Å². The Kier molecular flexibility index (Phi) is 2.84. The minimum absolute atomic E-state index is 0.468. The van der Waals surface area contributed by atoms with Gasteiger partial charge in [-0.1, -0.05) is 6.07 Å². The van der Waals surface area contributed by atoms with Gasteiger partial charge in [-0.05, 0) is 24.3 Å². The van der Waals surface area contributed by atoms with E-state index in [1.54, 1.807) is 12.4 Å². The molecule has 4 N–H and O–H groups in total. The van der Waals surface area contributed by atoms with Crippen molar-refractivity contribution in [3.8, 4) is 11.3 Å². The first kappa shape index (κ1) is 13.7. The van der Waals surface area contributed by atoms with E-state index >= 15 is 0 Å². The van der Waals surface area contributed by atoms with Crippen molar-refractivity contribution in [2.45, 2.75) is 6.54 Å². The zero-order valence-electron chi connectivity index (χ0n) is 13.1. The van der Waals surface area contributed by atoms with Crippen molar-refractivity contribution >= 4 is 27.6 Å². The first-order valence-corrected chi connectivity index (χ1v) is 7.83. The Hall–Kier alpha value is -3.68. The molecule has 0 saturated heterocycles. The molecule has 4 heterocycles. The maximum absolute atomic E-state index is 6.17. The molecule has 0 radical (unpaired) electrons. The second-order valence-corrected chi connectivity index (χ2v) is 5.84. The Morgan fingerprint density at radius 3 is 2.68 bits per heavy atom. The number of nitrogen functional groups attached to an aromatic ring is 1. The van der Waals surface area contributed by atoms with Crippen molar-refractivity contribution in [3.63, 3.8) is 0 Å². The molecule has 5 aromatic rings. The molecule has 0 aliphatic carbocycles. The van der Waals surface area contributed by atoms with E-state index in [1.807, 2.05) is 41.2 Å². The summed E-state index contributed by atoms with van der Waals surface area (Å²) in [5.74, 6) is 0.468. The fourth-order valence-electron chi connectivity index (χ4n) is 3.03. The van der Waals surface area contributed by atoms with Crippen molar-refractivity contribution in [1.29, 1.82) is 0 Å². The normalized spacial score (nSPS) is 11.5. The van der Waals surface area contributed by atoms with Crippen LogP contribution in [0, 0.1) is 0 Å². The minimum atomic E-state index is 0.468. The summed E-state index contributed by atoms with van der Waals surface area (Å²) in [5.41, 5.74) is 10.6. The molecule has 25 heavy (non-hydrogen) atoms.